The highest BCUT2D eigenvalue weighted by Crippen LogP contribution is 2.42. The van der Waals surface area contributed by atoms with Crippen LogP contribution in [0.15, 0.2) is 41.1 Å². The third-order valence-corrected chi connectivity index (χ3v) is 4.50. The van der Waals surface area contributed by atoms with Gasteiger partial charge in [0.1, 0.15) is 5.82 Å². The van der Waals surface area contributed by atoms with E-state index in [0.29, 0.717) is 18.0 Å². The van der Waals surface area contributed by atoms with Gasteiger partial charge in [0.2, 0.25) is 0 Å². The van der Waals surface area contributed by atoms with Crippen molar-refractivity contribution in [2.45, 2.75) is 31.8 Å². The van der Waals surface area contributed by atoms with E-state index in [2.05, 4.69) is 29.1 Å². The first-order valence-corrected chi connectivity index (χ1v) is 7.72. The number of nitrogens with one attached hydrogen (secondary N) is 1. The van der Waals surface area contributed by atoms with Gasteiger partial charge in [-0.25, -0.2) is 4.39 Å². The Kier molecular flexibility index (Phi) is 3.67. The number of benzene rings is 1. The maximum Gasteiger partial charge on any atom is 0.123 e. The van der Waals surface area contributed by atoms with Gasteiger partial charge in [0.15, 0.2) is 0 Å². The SMILES string of the molecule is CC(NC(c1ccc(F)cc1)C1CC1)c1ccsc1. The number of hydrogen-bond donors (Lipinski definition) is 1. The Balaban J connectivity index is 1.76. The lowest BCUT2D eigenvalue weighted by Gasteiger charge is -2.23. The van der Waals surface area contributed by atoms with E-state index in [1.54, 1.807) is 23.5 Å². The summed E-state index contributed by atoms with van der Waals surface area (Å²) in [6.45, 7) is 2.20. The second-order valence-corrected chi connectivity index (χ2v) is 6.09. The van der Waals surface area contributed by atoms with Gasteiger partial charge in [0, 0.05) is 12.1 Å². The second-order valence-electron chi connectivity index (χ2n) is 5.31. The van der Waals surface area contributed by atoms with Crippen molar-refractivity contribution in [3.05, 3.63) is 58.0 Å². The molecule has 1 saturated carbocycles. The maximum absolute atomic E-state index is 13.0. The molecule has 1 aliphatic rings. The van der Waals surface area contributed by atoms with Crippen molar-refractivity contribution in [3.8, 4) is 0 Å². The minimum Gasteiger partial charge on any atom is -0.303 e. The summed E-state index contributed by atoms with van der Waals surface area (Å²) < 4.78 is 13.0. The molecular weight excluding hydrogens is 257 g/mol. The third-order valence-electron chi connectivity index (χ3n) is 3.80. The van der Waals surface area contributed by atoms with E-state index in [1.807, 2.05) is 12.1 Å². The number of hydrogen-bond acceptors (Lipinski definition) is 2. The zero-order chi connectivity index (χ0) is 13.2. The summed E-state index contributed by atoms with van der Waals surface area (Å²) in [5, 5.41) is 8.00. The van der Waals surface area contributed by atoms with Crippen LogP contribution >= 0.6 is 11.3 Å². The molecular formula is C16H18FNS. The summed E-state index contributed by atoms with van der Waals surface area (Å²) in [4.78, 5) is 0. The van der Waals surface area contributed by atoms with Crippen LogP contribution in [0, 0.1) is 11.7 Å². The van der Waals surface area contributed by atoms with Crippen LogP contribution in [0.1, 0.15) is 43.0 Å². The van der Waals surface area contributed by atoms with Crippen LogP contribution in [0.25, 0.3) is 0 Å². The molecule has 2 unspecified atom stereocenters. The quantitative estimate of drug-likeness (QED) is 0.834. The van der Waals surface area contributed by atoms with Gasteiger partial charge in [0.25, 0.3) is 0 Å². The van der Waals surface area contributed by atoms with Gasteiger partial charge in [-0.1, -0.05) is 12.1 Å². The number of thiophene rings is 1. The molecule has 2 atom stereocenters. The van der Waals surface area contributed by atoms with E-state index < -0.39 is 0 Å². The second kappa shape index (κ2) is 5.43. The summed E-state index contributed by atoms with van der Waals surface area (Å²) in [7, 11) is 0. The monoisotopic (exact) mass is 275 g/mol. The van der Waals surface area contributed by atoms with E-state index in [4.69, 9.17) is 0 Å². The summed E-state index contributed by atoms with van der Waals surface area (Å²) in [5.74, 6) is 0.538. The highest BCUT2D eigenvalue weighted by molar-refractivity contribution is 7.07. The molecule has 1 heterocycles. The van der Waals surface area contributed by atoms with E-state index in [-0.39, 0.29) is 5.82 Å². The summed E-state index contributed by atoms with van der Waals surface area (Å²) in [6.07, 6.45) is 2.54. The number of rotatable bonds is 5. The lowest BCUT2D eigenvalue weighted by molar-refractivity contribution is 0.427. The predicted octanol–water partition coefficient (Wildman–Crippen LogP) is 4.69. The Morgan fingerprint density at radius 1 is 1.16 bits per heavy atom. The zero-order valence-corrected chi connectivity index (χ0v) is 11.8. The topological polar surface area (TPSA) is 12.0 Å². The van der Waals surface area contributed by atoms with Crippen LogP contribution in [-0.2, 0) is 0 Å². The van der Waals surface area contributed by atoms with Gasteiger partial charge < -0.3 is 5.32 Å². The molecule has 3 rings (SSSR count). The van der Waals surface area contributed by atoms with Gasteiger partial charge in [-0.15, -0.1) is 0 Å². The van der Waals surface area contributed by atoms with Gasteiger partial charge in [-0.05, 0) is 65.8 Å². The molecule has 19 heavy (non-hydrogen) atoms. The highest BCUT2D eigenvalue weighted by Gasteiger charge is 2.33. The van der Waals surface area contributed by atoms with E-state index in [1.165, 1.54) is 24.0 Å². The first-order valence-electron chi connectivity index (χ1n) is 6.77. The summed E-state index contributed by atoms with van der Waals surface area (Å²) in [5.41, 5.74) is 2.53. The molecule has 3 heteroatoms. The molecule has 0 bridgehead atoms. The molecule has 1 nitrogen and oxygen atoms in total. The van der Waals surface area contributed by atoms with Crippen molar-refractivity contribution < 1.29 is 4.39 Å². The van der Waals surface area contributed by atoms with Gasteiger partial charge in [-0.3, -0.25) is 0 Å². The first kappa shape index (κ1) is 12.8. The smallest absolute Gasteiger partial charge is 0.123 e. The Labute approximate surface area is 117 Å². The Morgan fingerprint density at radius 3 is 2.47 bits per heavy atom. The van der Waals surface area contributed by atoms with Crippen LogP contribution in [0.4, 0.5) is 4.39 Å². The molecule has 0 amide bonds. The molecule has 1 aromatic heterocycles. The lowest BCUT2D eigenvalue weighted by atomic mass is 10.0. The van der Waals surface area contributed by atoms with Crippen molar-refractivity contribution in [2.24, 2.45) is 5.92 Å². The average Bonchev–Trinajstić information content (AvgIpc) is 3.10. The predicted molar refractivity (Wildman–Crippen MR) is 77.7 cm³/mol. The third kappa shape index (κ3) is 3.04. The largest absolute Gasteiger partial charge is 0.303 e. The van der Waals surface area contributed by atoms with Crippen molar-refractivity contribution >= 4 is 11.3 Å². The van der Waals surface area contributed by atoms with Crippen LogP contribution in [0.5, 0.6) is 0 Å². The highest BCUT2D eigenvalue weighted by atomic mass is 32.1. The fraction of sp³-hybridized carbons (Fsp3) is 0.375. The molecule has 0 saturated heterocycles. The minimum absolute atomic E-state index is 0.163. The van der Waals surface area contributed by atoms with E-state index >= 15 is 0 Å². The van der Waals surface area contributed by atoms with E-state index in [0.717, 1.165) is 0 Å². The molecule has 0 spiro atoms. The number of halogens is 1. The van der Waals surface area contributed by atoms with Crippen LogP contribution < -0.4 is 5.32 Å². The first-order chi connectivity index (χ1) is 9.24. The standard InChI is InChI=1S/C16H18FNS/c1-11(14-8-9-19-10-14)18-16(12-2-3-12)13-4-6-15(17)7-5-13/h4-12,16,18H,2-3H2,1H3. The summed E-state index contributed by atoms with van der Waals surface area (Å²) >= 11 is 1.73. The molecule has 0 aliphatic heterocycles. The van der Waals surface area contributed by atoms with Crippen LogP contribution in [-0.4, -0.2) is 0 Å². The average molecular weight is 275 g/mol. The minimum atomic E-state index is -0.163. The van der Waals surface area contributed by atoms with Crippen molar-refractivity contribution in [2.75, 3.05) is 0 Å². The van der Waals surface area contributed by atoms with Crippen molar-refractivity contribution in [1.82, 2.24) is 5.32 Å². The Bertz CT molecular complexity index is 516. The van der Waals surface area contributed by atoms with Gasteiger partial charge >= 0.3 is 0 Å². The molecule has 1 fully saturated rings. The Hall–Kier alpha value is -1.19. The zero-order valence-electron chi connectivity index (χ0n) is 11.0. The van der Waals surface area contributed by atoms with Crippen molar-refractivity contribution in [1.29, 1.82) is 0 Å². The fourth-order valence-electron chi connectivity index (χ4n) is 2.49. The molecule has 100 valence electrons. The van der Waals surface area contributed by atoms with E-state index in [9.17, 15) is 4.39 Å². The molecule has 1 aromatic carbocycles. The maximum atomic E-state index is 13.0. The van der Waals surface area contributed by atoms with Gasteiger partial charge in [-0.2, -0.15) is 11.3 Å². The van der Waals surface area contributed by atoms with Crippen molar-refractivity contribution in [3.63, 3.8) is 0 Å². The van der Waals surface area contributed by atoms with Crippen LogP contribution in [0.2, 0.25) is 0 Å². The van der Waals surface area contributed by atoms with Crippen LogP contribution in [0.3, 0.4) is 0 Å². The summed E-state index contributed by atoms with van der Waals surface area (Å²) in [6, 6.07) is 9.77. The fourth-order valence-corrected chi connectivity index (χ4v) is 3.25. The molecule has 2 aromatic rings. The lowest BCUT2D eigenvalue weighted by Crippen LogP contribution is -2.26. The Morgan fingerprint density at radius 2 is 1.89 bits per heavy atom. The molecule has 0 radical (unpaired) electrons. The molecule has 1 aliphatic carbocycles. The normalized spacial score (nSPS) is 18.2. The molecule has 1 N–H and O–H groups in total. The van der Waals surface area contributed by atoms with Gasteiger partial charge in [0.05, 0.1) is 0 Å².